The molecule has 0 unspecified atom stereocenters. The number of allylic oxidation sites excluding steroid dienone is 2. The summed E-state index contributed by atoms with van der Waals surface area (Å²) in [5, 5.41) is 0. The maximum atomic E-state index is 15.2. The zero-order valence-corrected chi connectivity index (χ0v) is 28.1. The van der Waals surface area contributed by atoms with Gasteiger partial charge >= 0.3 is 0 Å². The lowest BCUT2D eigenvalue weighted by Gasteiger charge is -2.29. The second-order valence-corrected chi connectivity index (χ2v) is 12.8. The van der Waals surface area contributed by atoms with Gasteiger partial charge in [0.05, 0.1) is 6.67 Å². The fourth-order valence-corrected chi connectivity index (χ4v) is 7.18. The first-order valence-electron chi connectivity index (χ1n) is 15.7. The number of aryl methyl sites for hydroxylation is 6. The summed E-state index contributed by atoms with van der Waals surface area (Å²) in [6.45, 7) is 12.5. The molecule has 11 heteroatoms. The molecule has 260 valence electrons. The molecule has 0 amide bonds. The molecule has 0 saturated carbocycles. The lowest BCUT2D eigenvalue weighted by atomic mass is 9.98. The minimum absolute atomic E-state index is 0.124. The molecule has 0 aromatic heterocycles. The standard InChI is InChI=1S/C38H35F9N2/c1-17-12-19(3)37(20(4)13-17)48-16-49(38-21(5)14-18(2)15-22(38)6)27(11-9-25-31(42)34(45)36(47)35(46)32(25)43)26(48)10-8-24-28(39)23(7)29(40)33(44)30(24)41/h12-15H,8-11,16H2,1-7H3. The van der Waals surface area contributed by atoms with Crippen molar-refractivity contribution in [2.45, 2.75) is 74.1 Å². The molecule has 2 nitrogen and oxygen atoms in total. The molecule has 0 saturated heterocycles. The van der Waals surface area contributed by atoms with Crippen LogP contribution in [0.4, 0.5) is 50.9 Å². The Morgan fingerprint density at radius 1 is 0.408 bits per heavy atom. The molecule has 4 aromatic carbocycles. The fourth-order valence-electron chi connectivity index (χ4n) is 7.18. The van der Waals surface area contributed by atoms with Crippen LogP contribution >= 0.6 is 0 Å². The number of anilines is 2. The maximum Gasteiger partial charge on any atom is 0.200 e. The van der Waals surface area contributed by atoms with Crippen LogP contribution in [-0.2, 0) is 12.8 Å². The van der Waals surface area contributed by atoms with Crippen LogP contribution in [0.5, 0.6) is 0 Å². The Balaban J connectivity index is 1.75. The molecule has 0 bridgehead atoms. The Bertz CT molecular complexity index is 1790. The average molecular weight is 691 g/mol. The van der Waals surface area contributed by atoms with E-state index in [0.29, 0.717) is 11.4 Å². The predicted molar refractivity (Wildman–Crippen MR) is 172 cm³/mol. The molecule has 5 rings (SSSR count). The highest BCUT2D eigenvalue weighted by molar-refractivity contribution is 5.73. The first kappa shape index (κ1) is 35.9. The highest BCUT2D eigenvalue weighted by Crippen LogP contribution is 2.43. The normalized spacial score (nSPS) is 13.4. The smallest absolute Gasteiger partial charge is 0.200 e. The minimum atomic E-state index is -2.27. The molecule has 1 heterocycles. The number of nitrogens with zero attached hydrogens (tertiary/aromatic N) is 2. The highest BCUT2D eigenvalue weighted by atomic mass is 19.2. The molecule has 0 spiro atoms. The predicted octanol–water partition coefficient (Wildman–Crippen LogP) is 10.9. The van der Waals surface area contributed by atoms with E-state index in [1.165, 1.54) is 0 Å². The summed E-state index contributed by atoms with van der Waals surface area (Å²) < 4.78 is 131. The molecule has 1 aliphatic heterocycles. The molecule has 4 aromatic rings. The fraction of sp³-hybridized carbons (Fsp3) is 0.316. The van der Waals surface area contributed by atoms with E-state index in [0.717, 1.165) is 51.7 Å². The van der Waals surface area contributed by atoms with Gasteiger partial charge in [0.25, 0.3) is 0 Å². The van der Waals surface area contributed by atoms with Gasteiger partial charge in [0.15, 0.2) is 40.7 Å². The van der Waals surface area contributed by atoms with E-state index in [9.17, 15) is 30.7 Å². The van der Waals surface area contributed by atoms with Crippen LogP contribution in [0.2, 0.25) is 0 Å². The van der Waals surface area contributed by atoms with Crippen molar-refractivity contribution in [3.05, 3.63) is 138 Å². The molecule has 49 heavy (non-hydrogen) atoms. The average Bonchev–Trinajstić information content (AvgIpc) is 3.36. The van der Waals surface area contributed by atoms with Crippen LogP contribution in [0.15, 0.2) is 35.7 Å². The molecular weight excluding hydrogens is 655 g/mol. The summed E-state index contributed by atoms with van der Waals surface area (Å²) in [4.78, 5) is 3.76. The summed E-state index contributed by atoms with van der Waals surface area (Å²) in [6.07, 6.45) is -1.45. The van der Waals surface area contributed by atoms with Crippen LogP contribution in [0.1, 0.15) is 62.9 Å². The third kappa shape index (κ3) is 6.28. The number of halogens is 9. The Labute approximate surface area is 279 Å². The summed E-state index contributed by atoms with van der Waals surface area (Å²) in [5.74, 6) is -16.7. The summed E-state index contributed by atoms with van der Waals surface area (Å²) >= 11 is 0. The van der Waals surface area contributed by atoms with E-state index in [2.05, 4.69) is 0 Å². The molecule has 0 aliphatic carbocycles. The molecule has 0 fully saturated rings. The summed E-state index contributed by atoms with van der Waals surface area (Å²) in [6, 6.07) is 7.75. The van der Waals surface area contributed by atoms with Crippen LogP contribution < -0.4 is 9.80 Å². The van der Waals surface area contributed by atoms with E-state index in [-0.39, 0.29) is 19.5 Å². The van der Waals surface area contributed by atoms with Gasteiger partial charge in [-0.3, -0.25) is 0 Å². The van der Waals surface area contributed by atoms with Crippen molar-refractivity contribution >= 4 is 11.4 Å². The largest absolute Gasteiger partial charge is 0.324 e. The van der Waals surface area contributed by atoms with Crippen molar-refractivity contribution in [1.29, 1.82) is 0 Å². The number of hydrogen-bond acceptors (Lipinski definition) is 2. The van der Waals surface area contributed by atoms with Gasteiger partial charge in [-0.05, 0) is 96.4 Å². The van der Waals surface area contributed by atoms with E-state index in [1.807, 2.05) is 75.6 Å². The van der Waals surface area contributed by atoms with Crippen LogP contribution in [0.3, 0.4) is 0 Å². The zero-order valence-electron chi connectivity index (χ0n) is 28.1. The number of benzene rings is 4. The molecule has 0 atom stereocenters. The van der Waals surface area contributed by atoms with Crippen molar-refractivity contribution in [1.82, 2.24) is 0 Å². The Morgan fingerprint density at radius 3 is 1.08 bits per heavy atom. The summed E-state index contributed by atoms with van der Waals surface area (Å²) in [5.41, 5.74) is 5.21. The van der Waals surface area contributed by atoms with Gasteiger partial charge in [-0.1, -0.05) is 35.4 Å². The van der Waals surface area contributed by atoms with Crippen molar-refractivity contribution < 1.29 is 39.5 Å². The molecule has 0 N–H and O–H groups in total. The Hall–Kier alpha value is -4.41. The lowest BCUT2D eigenvalue weighted by molar-refractivity contribution is 0.370. The topological polar surface area (TPSA) is 6.48 Å². The van der Waals surface area contributed by atoms with Gasteiger partial charge in [0.1, 0.15) is 5.82 Å². The van der Waals surface area contributed by atoms with E-state index in [1.54, 1.807) is 0 Å². The SMILES string of the molecule is Cc1cc(C)c(N2CN(c3c(C)cc(C)cc3C)C(CCc3c(F)c(F)c(F)c(F)c3F)=C2CCc2c(F)c(C)c(F)c(F)c2F)c(C)c1. The molecule has 0 radical (unpaired) electrons. The second kappa shape index (κ2) is 13.5. The number of hydrogen-bond donors (Lipinski definition) is 0. The second-order valence-electron chi connectivity index (χ2n) is 12.8. The first-order chi connectivity index (χ1) is 23.0. The van der Waals surface area contributed by atoms with E-state index < -0.39 is 81.9 Å². The van der Waals surface area contributed by atoms with Crippen LogP contribution in [0.25, 0.3) is 0 Å². The molecular formula is C38H35F9N2. The highest BCUT2D eigenvalue weighted by Gasteiger charge is 2.35. The van der Waals surface area contributed by atoms with Gasteiger partial charge in [-0.25, -0.2) is 39.5 Å². The van der Waals surface area contributed by atoms with Crippen molar-refractivity contribution in [2.75, 3.05) is 16.5 Å². The minimum Gasteiger partial charge on any atom is -0.324 e. The van der Waals surface area contributed by atoms with Gasteiger partial charge in [0.2, 0.25) is 5.82 Å². The monoisotopic (exact) mass is 690 g/mol. The van der Waals surface area contributed by atoms with E-state index in [4.69, 9.17) is 0 Å². The third-order valence-corrected chi connectivity index (χ3v) is 9.18. The van der Waals surface area contributed by atoms with Gasteiger partial charge in [-0.2, -0.15) is 0 Å². The van der Waals surface area contributed by atoms with Crippen molar-refractivity contribution in [2.24, 2.45) is 0 Å². The van der Waals surface area contributed by atoms with Gasteiger partial charge in [-0.15, -0.1) is 0 Å². The van der Waals surface area contributed by atoms with Gasteiger partial charge < -0.3 is 9.80 Å². The maximum absolute atomic E-state index is 15.2. The Kier molecular flexibility index (Phi) is 9.87. The van der Waals surface area contributed by atoms with Crippen LogP contribution in [0, 0.1) is 101 Å². The van der Waals surface area contributed by atoms with Gasteiger partial charge in [0, 0.05) is 39.5 Å². The third-order valence-electron chi connectivity index (χ3n) is 9.18. The first-order valence-corrected chi connectivity index (χ1v) is 15.7. The Morgan fingerprint density at radius 2 is 0.714 bits per heavy atom. The quantitative estimate of drug-likeness (QED) is 0.103. The van der Waals surface area contributed by atoms with Crippen molar-refractivity contribution in [3.8, 4) is 0 Å². The molecule has 1 aliphatic rings. The van der Waals surface area contributed by atoms with Crippen LogP contribution in [-0.4, -0.2) is 6.67 Å². The van der Waals surface area contributed by atoms with Crippen molar-refractivity contribution in [3.63, 3.8) is 0 Å². The lowest BCUT2D eigenvalue weighted by Crippen LogP contribution is -2.30. The summed E-state index contributed by atoms with van der Waals surface area (Å²) in [7, 11) is 0. The van der Waals surface area contributed by atoms with E-state index >= 15 is 8.78 Å². The zero-order chi connectivity index (χ0) is 36.2. The number of rotatable bonds is 8.